The first-order valence-corrected chi connectivity index (χ1v) is 12.9. The predicted octanol–water partition coefficient (Wildman–Crippen LogP) is 9.28. The van der Waals surface area contributed by atoms with Crippen LogP contribution in [0, 0.1) is 35.0 Å². The average molecular weight is 397 g/mol. The summed E-state index contributed by atoms with van der Waals surface area (Å²) < 4.78 is 0. The van der Waals surface area contributed by atoms with Gasteiger partial charge in [-0.15, -0.1) is 0 Å². The third-order valence-corrected chi connectivity index (χ3v) is 9.11. The van der Waals surface area contributed by atoms with Crippen molar-refractivity contribution < 1.29 is 0 Å². The summed E-state index contributed by atoms with van der Waals surface area (Å²) in [4.78, 5) is 0. The summed E-state index contributed by atoms with van der Waals surface area (Å²) in [5.74, 6) is 4.26. The molecule has 0 saturated heterocycles. The highest BCUT2D eigenvalue weighted by atomic mass is 14.6. The molecule has 0 heteroatoms. The largest absolute Gasteiger partial charge is 0.0996 e. The van der Waals surface area contributed by atoms with Gasteiger partial charge in [0.1, 0.15) is 0 Å². The van der Waals surface area contributed by atoms with Crippen molar-refractivity contribution >= 4 is 0 Å². The average Bonchev–Trinajstić information content (AvgIpc) is 3.09. The Balaban J connectivity index is 1.71. The number of rotatable bonds is 7. The molecule has 0 N–H and O–H groups in total. The Bertz CT molecular complexity index is 618. The lowest BCUT2D eigenvalue weighted by Gasteiger charge is -2.47. The first kappa shape index (κ1) is 22.9. The second-order valence-corrected chi connectivity index (χ2v) is 11.3. The van der Waals surface area contributed by atoms with Gasteiger partial charge in [-0.25, -0.2) is 0 Å². The molecule has 0 aromatic heterocycles. The van der Waals surface area contributed by atoms with Crippen molar-refractivity contribution in [3.05, 3.63) is 35.5 Å². The lowest BCUT2D eigenvalue weighted by Crippen LogP contribution is -2.38. The van der Waals surface area contributed by atoms with E-state index in [1.807, 2.05) is 0 Å². The molecule has 0 bridgehead atoms. The Morgan fingerprint density at radius 1 is 1.07 bits per heavy atom. The maximum atomic E-state index is 4.26. The van der Waals surface area contributed by atoms with Crippen molar-refractivity contribution in [1.29, 1.82) is 0 Å². The van der Waals surface area contributed by atoms with Crippen molar-refractivity contribution in [3.8, 4) is 0 Å². The van der Waals surface area contributed by atoms with Crippen LogP contribution in [-0.4, -0.2) is 0 Å². The molecule has 29 heavy (non-hydrogen) atoms. The summed E-state index contributed by atoms with van der Waals surface area (Å²) in [7, 11) is 0. The van der Waals surface area contributed by atoms with Gasteiger partial charge in [0.2, 0.25) is 0 Å². The second kappa shape index (κ2) is 10.0. The van der Waals surface area contributed by atoms with Gasteiger partial charge in [0, 0.05) is 0 Å². The van der Waals surface area contributed by atoms with Crippen LogP contribution in [0.15, 0.2) is 35.5 Å². The summed E-state index contributed by atoms with van der Waals surface area (Å²) in [6, 6.07) is 0. The minimum absolute atomic E-state index is 0.605. The van der Waals surface area contributed by atoms with Gasteiger partial charge in [-0.2, -0.15) is 0 Å². The summed E-state index contributed by atoms with van der Waals surface area (Å²) in [6.45, 7) is 16.4. The standard InChI is InChI=1S/C29H48/c1-7-29-19-9-12-26(16-15-25-14-13-22(4)24(6)20-25)28(29)18-17-27(29)23(5)11-8-10-21(2)3/h15-16,21,23-24,27-28H,4,7-14,17-20H2,1-3,5-6H3/b25-15-,26-16+. The minimum Gasteiger partial charge on any atom is -0.0996 e. The maximum Gasteiger partial charge on any atom is -0.0141 e. The summed E-state index contributed by atoms with van der Waals surface area (Å²) in [6.07, 6.45) is 21.7. The van der Waals surface area contributed by atoms with E-state index >= 15 is 0 Å². The molecule has 0 heterocycles. The van der Waals surface area contributed by atoms with E-state index in [1.54, 1.807) is 11.1 Å². The highest BCUT2D eigenvalue weighted by Crippen LogP contribution is 2.61. The van der Waals surface area contributed by atoms with Gasteiger partial charge >= 0.3 is 0 Å². The molecule has 3 aliphatic carbocycles. The molecule has 5 atom stereocenters. The first-order valence-electron chi connectivity index (χ1n) is 12.9. The van der Waals surface area contributed by atoms with Crippen molar-refractivity contribution in [3.63, 3.8) is 0 Å². The fourth-order valence-corrected chi connectivity index (χ4v) is 7.26. The monoisotopic (exact) mass is 396 g/mol. The Hall–Kier alpha value is -0.780. The molecular weight excluding hydrogens is 348 g/mol. The van der Waals surface area contributed by atoms with Crippen LogP contribution in [0.3, 0.4) is 0 Å². The lowest BCUT2D eigenvalue weighted by molar-refractivity contribution is 0.0667. The van der Waals surface area contributed by atoms with E-state index in [-0.39, 0.29) is 0 Å². The highest BCUT2D eigenvalue weighted by molar-refractivity contribution is 5.27. The van der Waals surface area contributed by atoms with Crippen LogP contribution in [-0.2, 0) is 0 Å². The van der Waals surface area contributed by atoms with E-state index in [9.17, 15) is 0 Å². The molecule has 5 unspecified atom stereocenters. The van der Waals surface area contributed by atoms with E-state index in [0.717, 1.165) is 23.7 Å². The smallest absolute Gasteiger partial charge is 0.0141 e. The van der Waals surface area contributed by atoms with E-state index < -0.39 is 0 Å². The molecule has 3 aliphatic rings. The summed E-state index contributed by atoms with van der Waals surface area (Å²) >= 11 is 0. The van der Waals surface area contributed by atoms with E-state index in [2.05, 4.69) is 53.3 Å². The fraction of sp³-hybridized carbons (Fsp3) is 0.793. The van der Waals surface area contributed by atoms with E-state index in [0.29, 0.717) is 11.3 Å². The zero-order valence-electron chi connectivity index (χ0n) is 20.2. The third-order valence-electron chi connectivity index (χ3n) is 9.11. The van der Waals surface area contributed by atoms with Gasteiger partial charge in [-0.3, -0.25) is 0 Å². The Labute approximate surface area is 182 Å². The maximum absolute atomic E-state index is 4.26. The number of hydrogen-bond acceptors (Lipinski definition) is 0. The molecule has 164 valence electrons. The predicted molar refractivity (Wildman–Crippen MR) is 129 cm³/mol. The van der Waals surface area contributed by atoms with Gasteiger partial charge < -0.3 is 0 Å². The van der Waals surface area contributed by atoms with Crippen molar-refractivity contribution in [1.82, 2.24) is 0 Å². The number of hydrogen-bond donors (Lipinski definition) is 0. The Kier molecular flexibility index (Phi) is 7.91. The number of allylic oxidation sites excluding steroid dienone is 5. The minimum atomic E-state index is 0.605. The molecule has 0 amide bonds. The first-order chi connectivity index (χ1) is 13.9. The second-order valence-electron chi connectivity index (χ2n) is 11.3. The van der Waals surface area contributed by atoms with Gasteiger partial charge in [0.05, 0.1) is 0 Å². The van der Waals surface area contributed by atoms with Crippen LogP contribution in [0.2, 0.25) is 0 Å². The van der Waals surface area contributed by atoms with Gasteiger partial charge in [0.15, 0.2) is 0 Å². The number of fused-ring (bicyclic) bond motifs is 1. The molecule has 3 saturated carbocycles. The topological polar surface area (TPSA) is 0 Å². The third kappa shape index (κ3) is 5.11. The van der Waals surface area contributed by atoms with E-state index in [4.69, 9.17) is 0 Å². The van der Waals surface area contributed by atoms with Crippen LogP contribution in [0.4, 0.5) is 0 Å². The molecule has 0 spiro atoms. The molecular formula is C29H48. The molecule has 0 aliphatic heterocycles. The van der Waals surface area contributed by atoms with Crippen LogP contribution in [0.25, 0.3) is 0 Å². The summed E-state index contributed by atoms with van der Waals surface area (Å²) in [5, 5.41) is 0. The molecule has 0 aromatic carbocycles. The molecule has 0 aromatic rings. The van der Waals surface area contributed by atoms with Crippen molar-refractivity contribution in [2.45, 2.75) is 112 Å². The van der Waals surface area contributed by atoms with Crippen molar-refractivity contribution in [2.75, 3.05) is 0 Å². The van der Waals surface area contributed by atoms with Gasteiger partial charge in [0.25, 0.3) is 0 Å². The zero-order chi connectivity index (χ0) is 21.0. The van der Waals surface area contributed by atoms with Crippen LogP contribution >= 0.6 is 0 Å². The fourth-order valence-electron chi connectivity index (χ4n) is 7.26. The van der Waals surface area contributed by atoms with Crippen LogP contribution in [0.1, 0.15) is 112 Å². The Morgan fingerprint density at radius 2 is 1.86 bits per heavy atom. The van der Waals surface area contributed by atoms with Gasteiger partial charge in [-0.05, 0) is 92.8 Å². The quantitative estimate of drug-likeness (QED) is 0.376. The molecule has 0 nitrogen and oxygen atoms in total. The highest BCUT2D eigenvalue weighted by Gasteiger charge is 2.52. The lowest BCUT2D eigenvalue weighted by atomic mass is 9.58. The van der Waals surface area contributed by atoms with Gasteiger partial charge in [-0.1, -0.05) is 89.3 Å². The zero-order valence-corrected chi connectivity index (χ0v) is 20.2. The summed E-state index contributed by atoms with van der Waals surface area (Å²) in [5.41, 5.74) is 5.54. The molecule has 3 rings (SSSR count). The van der Waals surface area contributed by atoms with Crippen LogP contribution < -0.4 is 0 Å². The van der Waals surface area contributed by atoms with Crippen molar-refractivity contribution in [2.24, 2.45) is 35.0 Å². The molecule has 3 fully saturated rings. The Morgan fingerprint density at radius 3 is 2.55 bits per heavy atom. The van der Waals surface area contributed by atoms with Crippen LogP contribution in [0.5, 0.6) is 0 Å². The normalized spacial score (nSPS) is 36.8. The SMILES string of the molecule is C=C1CC/C(=C/C=C2\CCCC3(CC)C2CCC3C(C)CCCC(C)C)CC1C. The molecule has 0 radical (unpaired) electrons. The van der Waals surface area contributed by atoms with E-state index in [1.165, 1.54) is 82.6 Å².